The number of rotatable bonds is 6. The second kappa shape index (κ2) is 9.18. The number of nitrogens with one attached hydrogen (secondary N) is 3. The molecule has 2 aromatic rings. The first kappa shape index (κ1) is 22.0. The van der Waals surface area contributed by atoms with E-state index in [2.05, 4.69) is 41.6 Å². The van der Waals surface area contributed by atoms with Gasteiger partial charge in [-0.3, -0.25) is 0 Å². The lowest BCUT2D eigenvalue weighted by atomic mass is 9.92. The highest BCUT2D eigenvalue weighted by Crippen LogP contribution is 2.42. The maximum atomic E-state index is 13.5. The van der Waals surface area contributed by atoms with Crippen molar-refractivity contribution >= 4 is 17.5 Å². The molecule has 33 heavy (non-hydrogen) atoms. The fourth-order valence-electron chi connectivity index (χ4n) is 5.65. The molecule has 3 atom stereocenters. The van der Waals surface area contributed by atoms with Gasteiger partial charge in [-0.15, -0.1) is 0 Å². The second-order valence-electron chi connectivity index (χ2n) is 9.75. The summed E-state index contributed by atoms with van der Waals surface area (Å²) in [5, 5.41) is 15.2. The average Bonchev–Trinajstić information content (AvgIpc) is 3.41. The van der Waals surface area contributed by atoms with Crippen LogP contribution in [0.25, 0.3) is 5.57 Å². The van der Waals surface area contributed by atoms with E-state index in [1.165, 1.54) is 31.2 Å². The summed E-state index contributed by atoms with van der Waals surface area (Å²) in [6.07, 6.45) is 7.67. The molecule has 2 aromatic carbocycles. The van der Waals surface area contributed by atoms with Gasteiger partial charge in [-0.25, -0.2) is 4.39 Å². The summed E-state index contributed by atoms with van der Waals surface area (Å²) in [4.78, 5) is 2.29. The third kappa shape index (κ3) is 4.36. The zero-order valence-corrected chi connectivity index (χ0v) is 19.4. The van der Waals surface area contributed by atoms with Crippen LogP contribution in [-0.4, -0.2) is 38.4 Å². The molecule has 5 nitrogen and oxygen atoms in total. The fraction of sp³-hybridized carbons (Fsp3) is 0.444. The Hall–Kier alpha value is -2.86. The summed E-state index contributed by atoms with van der Waals surface area (Å²) in [5.74, 6) is 2.60. The number of benzene rings is 2. The molecule has 1 saturated heterocycles. The highest BCUT2D eigenvalue weighted by Gasteiger charge is 2.36. The first-order valence-electron chi connectivity index (χ1n) is 12.0. The third-order valence-electron chi connectivity index (χ3n) is 7.72. The molecule has 1 saturated carbocycles. The van der Waals surface area contributed by atoms with E-state index in [1.807, 2.05) is 6.20 Å². The SMILES string of the molecule is CC1CCc2c(ccc(/C(C=N)=C/NC3CC4CNCC4C3)c2Oc2ccc(F)cc2)N1C. The van der Waals surface area contributed by atoms with E-state index < -0.39 is 0 Å². The predicted octanol–water partition coefficient (Wildman–Crippen LogP) is 4.97. The predicted molar refractivity (Wildman–Crippen MR) is 132 cm³/mol. The lowest BCUT2D eigenvalue weighted by molar-refractivity contribution is 0.466. The number of anilines is 1. The molecule has 3 unspecified atom stereocenters. The number of hydrogen-bond acceptors (Lipinski definition) is 5. The van der Waals surface area contributed by atoms with Crippen LogP contribution in [0.4, 0.5) is 10.1 Å². The Bertz CT molecular complexity index is 1040. The molecular formula is C27H33FN4O. The van der Waals surface area contributed by atoms with E-state index in [9.17, 15) is 4.39 Å². The Balaban J connectivity index is 1.48. The van der Waals surface area contributed by atoms with Crippen molar-refractivity contribution in [3.05, 3.63) is 59.5 Å². The van der Waals surface area contributed by atoms with Gasteiger partial charge in [0.2, 0.25) is 0 Å². The van der Waals surface area contributed by atoms with Gasteiger partial charge in [0.05, 0.1) is 0 Å². The molecule has 0 bridgehead atoms. The van der Waals surface area contributed by atoms with E-state index in [1.54, 1.807) is 12.1 Å². The molecule has 0 spiro atoms. The number of ether oxygens (including phenoxy) is 1. The molecule has 3 aliphatic rings. The van der Waals surface area contributed by atoms with Gasteiger partial charge in [-0.1, -0.05) is 0 Å². The van der Waals surface area contributed by atoms with Gasteiger partial charge in [0.15, 0.2) is 0 Å². The molecule has 3 N–H and O–H groups in total. The van der Waals surface area contributed by atoms with Gasteiger partial charge in [-0.05, 0) is 93.9 Å². The van der Waals surface area contributed by atoms with Crippen molar-refractivity contribution in [3.8, 4) is 11.5 Å². The monoisotopic (exact) mass is 448 g/mol. The van der Waals surface area contributed by atoms with Crippen molar-refractivity contribution in [2.75, 3.05) is 25.0 Å². The van der Waals surface area contributed by atoms with Crippen molar-refractivity contribution in [2.24, 2.45) is 11.8 Å². The smallest absolute Gasteiger partial charge is 0.140 e. The number of hydrogen-bond donors (Lipinski definition) is 3. The maximum Gasteiger partial charge on any atom is 0.140 e. The quantitative estimate of drug-likeness (QED) is 0.546. The molecule has 2 aliphatic heterocycles. The van der Waals surface area contributed by atoms with Crippen LogP contribution in [0.1, 0.15) is 37.3 Å². The second-order valence-corrected chi connectivity index (χ2v) is 9.75. The highest BCUT2D eigenvalue weighted by molar-refractivity contribution is 6.09. The first-order valence-corrected chi connectivity index (χ1v) is 12.0. The standard InChI is InChI=1S/C27H33FN4O/c1-17-3-8-25-26(32(17)2)10-9-24(27(25)33-23-6-4-21(28)5-7-23)20(13-29)16-31-22-11-18-14-30-15-19(18)12-22/h4-7,9-10,13,16-19,22,29-31H,3,8,11-12,14-15H2,1-2H3/b20-16+,29-13?. The summed E-state index contributed by atoms with van der Waals surface area (Å²) in [6, 6.07) is 11.2. The molecule has 6 heteroatoms. The fourth-order valence-corrected chi connectivity index (χ4v) is 5.65. The van der Waals surface area contributed by atoms with Gasteiger partial charge >= 0.3 is 0 Å². The van der Waals surface area contributed by atoms with Crippen molar-refractivity contribution in [1.29, 1.82) is 5.41 Å². The lowest BCUT2D eigenvalue weighted by Crippen LogP contribution is -2.33. The van der Waals surface area contributed by atoms with Gasteiger partial charge in [-0.2, -0.15) is 0 Å². The zero-order valence-electron chi connectivity index (χ0n) is 19.4. The van der Waals surface area contributed by atoms with Crippen LogP contribution in [0.15, 0.2) is 42.6 Å². The molecule has 0 amide bonds. The van der Waals surface area contributed by atoms with Crippen molar-refractivity contribution in [2.45, 2.75) is 44.7 Å². The molecule has 1 aliphatic carbocycles. The van der Waals surface area contributed by atoms with Crippen molar-refractivity contribution in [3.63, 3.8) is 0 Å². The summed E-state index contributed by atoms with van der Waals surface area (Å²) in [7, 11) is 2.12. The van der Waals surface area contributed by atoms with Gasteiger partial charge in [0.25, 0.3) is 0 Å². The number of nitrogens with zero attached hydrogens (tertiary/aromatic N) is 1. The van der Waals surface area contributed by atoms with Crippen LogP contribution in [-0.2, 0) is 6.42 Å². The minimum Gasteiger partial charge on any atom is -0.456 e. The van der Waals surface area contributed by atoms with Gasteiger partial charge in [0.1, 0.15) is 17.3 Å². The largest absolute Gasteiger partial charge is 0.456 e. The Morgan fingerprint density at radius 2 is 1.88 bits per heavy atom. The minimum absolute atomic E-state index is 0.285. The summed E-state index contributed by atoms with van der Waals surface area (Å²) in [5.41, 5.74) is 3.99. The third-order valence-corrected chi connectivity index (χ3v) is 7.72. The number of halogens is 1. The highest BCUT2D eigenvalue weighted by atomic mass is 19.1. The Morgan fingerprint density at radius 1 is 1.15 bits per heavy atom. The summed E-state index contributed by atoms with van der Waals surface area (Å²) in [6.45, 7) is 4.48. The molecule has 0 aromatic heterocycles. The molecule has 2 heterocycles. The topological polar surface area (TPSA) is 60.4 Å². The van der Waals surface area contributed by atoms with Crippen molar-refractivity contribution < 1.29 is 9.13 Å². The zero-order chi connectivity index (χ0) is 22.9. The van der Waals surface area contributed by atoms with Crippen LogP contribution in [0.5, 0.6) is 11.5 Å². The molecular weight excluding hydrogens is 415 g/mol. The van der Waals surface area contributed by atoms with Crippen molar-refractivity contribution in [1.82, 2.24) is 10.6 Å². The van der Waals surface area contributed by atoms with E-state index in [0.29, 0.717) is 17.8 Å². The van der Waals surface area contributed by atoms with Crippen LogP contribution >= 0.6 is 0 Å². The maximum absolute atomic E-state index is 13.5. The van der Waals surface area contributed by atoms with Crippen LogP contribution < -0.4 is 20.3 Å². The summed E-state index contributed by atoms with van der Waals surface area (Å²) < 4.78 is 19.9. The van der Waals surface area contributed by atoms with Crippen LogP contribution in [0, 0.1) is 23.1 Å². The molecule has 0 radical (unpaired) electrons. The van der Waals surface area contributed by atoms with Crippen LogP contribution in [0.2, 0.25) is 0 Å². The average molecular weight is 449 g/mol. The van der Waals surface area contributed by atoms with E-state index >= 15 is 0 Å². The van der Waals surface area contributed by atoms with Crippen LogP contribution in [0.3, 0.4) is 0 Å². The minimum atomic E-state index is -0.285. The Labute approximate surface area is 195 Å². The van der Waals surface area contributed by atoms with Gasteiger partial charge < -0.3 is 25.7 Å². The first-order chi connectivity index (χ1) is 16.0. The molecule has 2 fully saturated rings. The normalized spacial score (nSPS) is 26.6. The molecule has 5 rings (SSSR count). The van der Waals surface area contributed by atoms with E-state index in [4.69, 9.17) is 10.1 Å². The Kier molecular flexibility index (Phi) is 6.11. The van der Waals surface area contributed by atoms with E-state index in [-0.39, 0.29) is 5.82 Å². The Morgan fingerprint density at radius 3 is 2.58 bits per heavy atom. The number of fused-ring (bicyclic) bond motifs is 2. The summed E-state index contributed by atoms with van der Waals surface area (Å²) >= 11 is 0. The lowest BCUT2D eigenvalue weighted by Gasteiger charge is -2.35. The molecule has 174 valence electrons. The van der Waals surface area contributed by atoms with Gasteiger partial charge in [0, 0.05) is 53.9 Å². The number of allylic oxidation sites excluding steroid dienone is 1. The van der Waals surface area contributed by atoms with E-state index in [0.717, 1.165) is 65.9 Å².